The van der Waals surface area contributed by atoms with Gasteiger partial charge in [0.15, 0.2) is 0 Å². The maximum atomic E-state index is 10.9. The van der Waals surface area contributed by atoms with Crippen molar-refractivity contribution < 1.29 is 9.59 Å². The molecule has 3 N–H and O–H groups in total. The van der Waals surface area contributed by atoms with E-state index in [0.29, 0.717) is 13.0 Å². The molecule has 12 heavy (non-hydrogen) atoms. The van der Waals surface area contributed by atoms with Crippen molar-refractivity contribution in [2.75, 3.05) is 27.2 Å². The fourth-order valence-corrected chi connectivity index (χ4v) is 0.594. The first-order chi connectivity index (χ1) is 5.70. The SMILES string of the molecule is CNCCC(=O)NCC(=O)NC. The Morgan fingerprint density at radius 3 is 2.33 bits per heavy atom. The largest absolute Gasteiger partial charge is 0.358 e. The van der Waals surface area contributed by atoms with Crippen LogP contribution in [0, 0.1) is 0 Å². The Morgan fingerprint density at radius 2 is 1.83 bits per heavy atom. The third-order valence-electron chi connectivity index (χ3n) is 1.33. The summed E-state index contributed by atoms with van der Waals surface area (Å²) in [5.41, 5.74) is 0. The smallest absolute Gasteiger partial charge is 0.239 e. The molecule has 0 heterocycles. The number of carbonyl (C=O) groups excluding carboxylic acids is 2. The summed E-state index contributed by atoms with van der Waals surface area (Å²) >= 11 is 0. The Kier molecular flexibility index (Phi) is 6.00. The lowest BCUT2D eigenvalue weighted by molar-refractivity contribution is -0.125. The van der Waals surface area contributed by atoms with E-state index >= 15 is 0 Å². The molecule has 0 radical (unpaired) electrons. The summed E-state index contributed by atoms with van der Waals surface area (Å²) in [4.78, 5) is 21.5. The average molecular weight is 173 g/mol. The number of carbonyl (C=O) groups is 2. The molecule has 5 nitrogen and oxygen atoms in total. The lowest BCUT2D eigenvalue weighted by Crippen LogP contribution is -2.36. The van der Waals surface area contributed by atoms with E-state index in [1.807, 2.05) is 0 Å². The topological polar surface area (TPSA) is 70.2 Å². The van der Waals surface area contributed by atoms with Crippen LogP contribution >= 0.6 is 0 Å². The van der Waals surface area contributed by atoms with E-state index in [2.05, 4.69) is 16.0 Å². The molecular formula is C7H15N3O2. The molecule has 0 aliphatic carbocycles. The maximum Gasteiger partial charge on any atom is 0.239 e. The maximum absolute atomic E-state index is 10.9. The standard InChI is InChI=1S/C7H15N3O2/c1-8-4-3-6(11)10-5-7(12)9-2/h8H,3-5H2,1-2H3,(H,9,12)(H,10,11). The van der Waals surface area contributed by atoms with Crippen LogP contribution < -0.4 is 16.0 Å². The molecule has 0 aromatic heterocycles. The van der Waals surface area contributed by atoms with Gasteiger partial charge in [0.2, 0.25) is 11.8 Å². The van der Waals surface area contributed by atoms with Crippen molar-refractivity contribution >= 4 is 11.8 Å². The second-order valence-electron chi connectivity index (χ2n) is 2.30. The van der Waals surface area contributed by atoms with Gasteiger partial charge in [-0.25, -0.2) is 0 Å². The molecule has 0 unspecified atom stereocenters. The molecule has 70 valence electrons. The van der Waals surface area contributed by atoms with Crippen LogP contribution in [0.3, 0.4) is 0 Å². The fourth-order valence-electron chi connectivity index (χ4n) is 0.594. The Bertz CT molecular complexity index is 159. The van der Waals surface area contributed by atoms with Gasteiger partial charge in [0.25, 0.3) is 0 Å². The molecule has 5 heteroatoms. The lowest BCUT2D eigenvalue weighted by atomic mass is 10.4. The zero-order valence-electron chi connectivity index (χ0n) is 7.44. The highest BCUT2D eigenvalue weighted by Crippen LogP contribution is 1.75. The van der Waals surface area contributed by atoms with Gasteiger partial charge in [-0.3, -0.25) is 9.59 Å². The Labute approximate surface area is 71.9 Å². The minimum atomic E-state index is -0.187. The van der Waals surface area contributed by atoms with Gasteiger partial charge in [0.05, 0.1) is 6.54 Å². The second-order valence-corrected chi connectivity index (χ2v) is 2.30. The van der Waals surface area contributed by atoms with E-state index in [1.165, 1.54) is 7.05 Å². The van der Waals surface area contributed by atoms with Crippen LogP contribution in [-0.2, 0) is 9.59 Å². The predicted molar refractivity (Wildman–Crippen MR) is 45.6 cm³/mol. The van der Waals surface area contributed by atoms with Crippen molar-refractivity contribution in [1.29, 1.82) is 0 Å². The van der Waals surface area contributed by atoms with Crippen molar-refractivity contribution in [1.82, 2.24) is 16.0 Å². The molecule has 0 rings (SSSR count). The zero-order valence-corrected chi connectivity index (χ0v) is 7.44. The fraction of sp³-hybridized carbons (Fsp3) is 0.714. The van der Waals surface area contributed by atoms with Gasteiger partial charge >= 0.3 is 0 Å². The molecule has 0 aliphatic rings. The minimum absolute atomic E-state index is 0.0546. The summed E-state index contributed by atoms with van der Waals surface area (Å²) in [5, 5.41) is 7.72. The summed E-state index contributed by atoms with van der Waals surface area (Å²) in [6.45, 7) is 0.679. The summed E-state index contributed by atoms with van der Waals surface area (Å²) in [6, 6.07) is 0. The predicted octanol–water partition coefficient (Wildman–Crippen LogP) is -1.54. The molecule has 0 saturated carbocycles. The lowest BCUT2D eigenvalue weighted by Gasteiger charge is -2.02. The first-order valence-electron chi connectivity index (χ1n) is 3.82. The number of hydrogen-bond acceptors (Lipinski definition) is 3. The third-order valence-corrected chi connectivity index (χ3v) is 1.33. The first-order valence-corrected chi connectivity index (χ1v) is 3.82. The zero-order chi connectivity index (χ0) is 9.40. The molecule has 0 aliphatic heterocycles. The Morgan fingerprint density at radius 1 is 1.17 bits per heavy atom. The van der Waals surface area contributed by atoms with Crippen LogP contribution in [0.4, 0.5) is 0 Å². The minimum Gasteiger partial charge on any atom is -0.358 e. The van der Waals surface area contributed by atoms with Gasteiger partial charge in [-0.05, 0) is 7.05 Å². The van der Waals surface area contributed by atoms with Crippen molar-refractivity contribution in [3.63, 3.8) is 0 Å². The van der Waals surface area contributed by atoms with Crippen LogP contribution in [0.5, 0.6) is 0 Å². The van der Waals surface area contributed by atoms with Crippen molar-refractivity contribution in [2.45, 2.75) is 6.42 Å². The van der Waals surface area contributed by atoms with Crippen LogP contribution in [0.15, 0.2) is 0 Å². The highest BCUT2D eigenvalue weighted by atomic mass is 16.2. The monoisotopic (exact) mass is 173 g/mol. The molecule has 0 atom stereocenters. The van der Waals surface area contributed by atoms with E-state index in [4.69, 9.17) is 0 Å². The van der Waals surface area contributed by atoms with E-state index in [0.717, 1.165) is 0 Å². The quantitative estimate of drug-likeness (QED) is 0.472. The van der Waals surface area contributed by atoms with Crippen molar-refractivity contribution in [3.05, 3.63) is 0 Å². The van der Waals surface area contributed by atoms with E-state index in [1.54, 1.807) is 7.05 Å². The first kappa shape index (κ1) is 10.9. The van der Waals surface area contributed by atoms with Gasteiger partial charge in [-0.2, -0.15) is 0 Å². The molecule has 0 fully saturated rings. The Hall–Kier alpha value is -1.10. The molecule has 0 saturated heterocycles. The number of rotatable bonds is 5. The number of hydrogen-bond donors (Lipinski definition) is 3. The molecule has 0 bridgehead atoms. The third kappa shape index (κ3) is 5.67. The number of likely N-dealkylation sites (N-methyl/N-ethyl adjacent to an activating group) is 1. The summed E-state index contributed by atoms with van der Waals surface area (Å²) in [6.07, 6.45) is 0.396. The summed E-state index contributed by atoms with van der Waals surface area (Å²) in [5.74, 6) is -0.305. The molecule has 0 aromatic rings. The number of amides is 2. The molecule has 0 aromatic carbocycles. The van der Waals surface area contributed by atoms with Gasteiger partial charge in [-0.15, -0.1) is 0 Å². The summed E-state index contributed by atoms with van der Waals surface area (Å²) in [7, 11) is 3.30. The molecular weight excluding hydrogens is 158 g/mol. The number of nitrogens with one attached hydrogen (secondary N) is 3. The average Bonchev–Trinajstić information content (AvgIpc) is 2.10. The highest BCUT2D eigenvalue weighted by molar-refractivity contribution is 5.84. The van der Waals surface area contributed by atoms with Crippen LogP contribution in [0.1, 0.15) is 6.42 Å². The van der Waals surface area contributed by atoms with E-state index in [-0.39, 0.29) is 18.4 Å². The van der Waals surface area contributed by atoms with E-state index < -0.39 is 0 Å². The molecule has 2 amide bonds. The van der Waals surface area contributed by atoms with Gasteiger partial charge < -0.3 is 16.0 Å². The van der Waals surface area contributed by atoms with Crippen LogP contribution in [-0.4, -0.2) is 39.0 Å². The normalized spacial score (nSPS) is 9.17. The van der Waals surface area contributed by atoms with Gasteiger partial charge in [0.1, 0.15) is 0 Å². The van der Waals surface area contributed by atoms with Gasteiger partial charge in [0, 0.05) is 20.0 Å². The second kappa shape index (κ2) is 6.60. The van der Waals surface area contributed by atoms with Crippen LogP contribution in [0.25, 0.3) is 0 Å². The highest BCUT2D eigenvalue weighted by Gasteiger charge is 2.01. The van der Waals surface area contributed by atoms with Crippen LogP contribution in [0.2, 0.25) is 0 Å². The summed E-state index contributed by atoms with van der Waals surface area (Å²) < 4.78 is 0. The van der Waals surface area contributed by atoms with Crippen molar-refractivity contribution in [2.24, 2.45) is 0 Å². The Balaban J connectivity index is 3.37. The molecule has 0 spiro atoms. The van der Waals surface area contributed by atoms with Crippen molar-refractivity contribution in [3.8, 4) is 0 Å². The van der Waals surface area contributed by atoms with Gasteiger partial charge in [-0.1, -0.05) is 0 Å². The van der Waals surface area contributed by atoms with E-state index in [9.17, 15) is 9.59 Å².